The van der Waals surface area contributed by atoms with E-state index in [2.05, 4.69) is 0 Å². The fourth-order valence-electron chi connectivity index (χ4n) is 2.56. The molecule has 1 N–H and O–H groups in total. The van der Waals surface area contributed by atoms with Gasteiger partial charge in [0.2, 0.25) is 0 Å². The minimum absolute atomic E-state index is 0.0290. The Kier molecular flexibility index (Phi) is 3.66. The number of halogens is 2. The fraction of sp³-hybridized carbons (Fsp3) is 0.400. The topological polar surface area (TPSA) is 103 Å². The Labute approximate surface area is 133 Å². The van der Waals surface area contributed by atoms with Gasteiger partial charge in [-0.25, -0.2) is 14.4 Å². The summed E-state index contributed by atoms with van der Waals surface area (Å²) in [5, 5.41) is 8.67. The van der Waals surface area contributed by atoms with Gasteiger partial charge in [0.25, 0.3) is 0 Å². The molecular weight excluding hydrogens is 330 g/mol. The first-order valence-electron chi connectivity index (χ1n) is 7.20. The Balaban J connectivity index is 1.88. The molecule has 2 aromatic heterocycles. The number of furan rings is 2. The predicted molar refractivity (Wildman–Crippen MR) is 73.7 cm³/mol. The minimum atomic E-state index is -4.25. The highest BCUT2D eigenvalue weighted by molar-refractivity contribution is 6.18. The Morgan fingerprint density at radius 3 is 2.75 bits per heavy atom. The normalized spacial score (nSPS) is 14.9. The molecule has 1 aliphatic heterocycles. The monoisotopic (exact) mass is 342 g/mol. The van der Waals surface area contributed by atoms with Crippen LogP contribution in [0.15, 0.2) is 10.5 Å². The van der Waals surface area contributed by atoms with Crippen molar-refractivity contribution < 1.29 is 42.2 Å². The molecule has 0 amide bonds. The molecule has 2 bridgehead atoms. The zero-order valence-corrected chi connectivity index (χ0v) is 12.4. The van der Waals surface area contributed by atoms with Crippen LogP contribution in [0.4, 0.5) is 8.78 Å². The SMILES string of the molecule is CCCCC(OC(=O)c1c2c3oc1cc3OC2=O)C(F)(F)C(=O)O. The molecule has 7 nitrogen and oxygen atoms in total. The third kappa shape index (κ3) is 2.27. The molecule has 3 rings (SSSR count). The number of esters is 2. The van der Waals surface area contributed by atoms with Crippen molar-refractivity contribution in [3.05, 3.63) is 17.2 Å². The van der Waals surface area contributed by atoms with Crippen molar-refractivity contribution in [1.82, 2.24) is 0 Å². The summed E-state index contributed by atoms with van der Waals surface area (Å²) in [7, 11) is 0. The van der Waals surface area contributed by atoms with E-state index in [0.717, 1.165) is 0 Å². The van der Waals surface area contributed by atoms with Gasteiger partial charge in [-0.2, -0.15) is 8.78 Å². The van der Waals surface area contributed by atoms with Crippen LogP contribution >= 0.6 is 0 Å². The minimum Gasteiger partial charge on any atom is -0.477 e. The van der Waals surface area contributed by atoms with Crippen LogP contribution in [-0.4, -0.2) is 35.0 Å². The van der Waals surface area contributed by atoms with Crippen molar-refractivity contribution in [2.75, 3.05) is 0 Å². The van der Waals surface area contributed by atoms with Crippen molar-refractivity contribution in [1.29, 1.82) is 0 Å². The van der Waals surface area contributed by atoms with Gasteiger partial charge >= 0.3 is 23.8 Å². The van der Waals surface area contributed by atoms with Crippen molar-refractivity contribution in [2.45, 2.75) is 38.2 Å². The van der Waals surface area contributed by atoms with E-state index in [-0.39, 0.29) is 40.9 Å². The summed E-state index contributed by atoms with van der Waals surface area (Å²) in [5.74, 6) is -8.57. The number of hydrogen-bond acceptors (Lipinski definition) is 6. The second-order valence-corrected chi connectivity index (χ2v) is 5.41. The van der Waals surface area contributed by atoms with Gasteiger partial charge in [0.05, 0.1) is 0 Å². The van der Waals surface area contributed by atoms with Gasteiger partial charge in [-0.3, -0.25) is 0 Å². The van der Waals surface area contributed by atoms with Crippen LogP contribution in [0, 0.1) is 0 Å². The van der Waals surface area contributed by atoms with E-state index in [1.165, 1.54) is 6.07 Å². The average molecular weight is 342 g/mol. The van der Waals surface area contributed by atoms with Crippen molar-refractivity contribution in [2.24, 2.45) is 0 Å². The second-order valence-electron chi connectivity index (χ2n) is 5.41. The number of carbonyl (C=O) groups is 3. The molecule has 1 unspecified atom stereocenters. The maximum absolute atomic E-state index is 13.8. The lowest BCUT2D eigenvalue weighted by atomic mass is 10.1. The molecule has 0 spiro atoms. The van der Waals surface area contributed by atoms with Crippen LogP contribution in [0.2, 0.25) is 0 Å². The van der Waals surface area contributed by atoms with Gasteiger partial charge < -0.3 is 19.0 Å². The lowest BCUT2D eigenvalue weighted by Gasteiger charge is -2.23. The summed E-state index contributed by atoms with van der Waals surface area (Å²) in [6, 6.07) is 1.27. The van der Waals surface area contributed by atoms with Crippen LogP contribution in [0.25, 0.3) is 11.2 Å². The van der Waals surface area contributed by atoms with Gasteiger partial charge in [-0.05, 0) is 12.8 Å². The summed E-state index contributed by atoms with van der Waals surface area (Å²) < 4.78 is 42.3. The number of carboxylic acid groups (broad SMARTS) is 1. The number of rotatable bonds is 7. The molecule has 0 saturated carbocycles. The highest BCUT2D eigenvalue weighted by Gasteiger charge is 2.50. The highest BCUT2D eigenvalue weighted by Crippen LogP contribution is 2.43. The summed E-state index contributed by atoms with van der Waals surface area (Å²) >= 11 is 0. The van der Waals surface area contributed by atoms with Crippen LogP contribution in [-0.2, 0) is 9.53 Å². The van der Waals surface area contributed by atoms with E-state index < -0.39 is 29.9 Å². The number of benzene rings is 1. The van der Waals surface area contributed by atoms with E-state index in [9.17, 15) is 23.2 Å². The largest absolute Gasteiger partial charge is 0.477 e. The third-order valence-electron chi connectivity index (χ3n) is 3.79. The smallest absolute Gasteiger partial charge is 0.378 e. The van der Waals surface area contributed by atoms with Gasteiger partial charge in [0, 0.05) is 6.07 Å². The quantitative estimate of drug-likeness (QED) is 0.772. The molecule has 0 aliphatic carbocycles. The Morgan fingerprint density at radius 2 is 2.12 bits per heavy atom. The summed E-state index contributed by atoms with van der Waals surface area (Å²) in [4.78, 5) is 34.7. The lowest BCUT2D eigenvalue weighted by molar-refractivity contribution is -0.183. The summed E-state index contributed by atoms with van der Waals surface area (Å²) in [6.07, 6.45) is -1.73. The zero-order chi connectivity index (χ0) is 17.6. The third-order valence-corrected chi connectivity index (χ3v) is 3.79. The molecule has 1 atom stereocenters. The lowest BCUT2D eigenvalue weighted by Crippen LogP contribution is -2.44. The molecule has 24 heavy (non-hydrogen) atoms. The Morgan fingerprint density at radius 1 is 1.42 bits per heavy atom. The molecule has 1 aliphatic rings. The average Bonchev–Trinajstić information content (AvgIpc) is 3.12. The van der Waals surface area contributed by atoms with Gasteiger partial charge in [-0.1, -0.05) is 13.3 Å². The maximum Gasteiger partial charge on any atom is 0.378 e. The number of fused-ring (bicyclic) bond motifs is 1. The van der Waals surface area contributed by atoms with E-state index in [0.29, 0.717) is 6.42 Å². The van der Waals surface area contributed by atoms with E-state index in [1.54, 1.807) is 6.92 Å². The molecule has 3 heterocycles. The number of ether oxygens (including phenoxy) is 2. The van der Waals surface area contributed by atoms with E-state index in [4.69, 9.17) is 19.0 Å². The van der Waals surface area contributed by atoms with Gasteiger partial charge in [0.15, 0.2) is 17.4 Å². The number of unbranched alkanes of at least 4 members (excludes halogenated alkanes) is 1. The van der Waals surface area contributed by atoms with Crippen LogP contribution in [0.3, 0.4) is 0 Å². The summed E-state index contributed by atoms with van der Waals surface area (Å²) in [6.45, 7) is 1.72. The first-order valence-corrected chi connectivity index (χ1v) is 7.20. The zero-order valence-electron chi connectivity index (χ0n) is 12.4. The summed E-state index contributed by atoms with van der Waals surface area (Å²) in [5.41, 5.74) is -0.477. The highest BCUT2D eigenvalue weighted by atomic mass is 19.3. The van der Waals surface area contributed by atoms with Gasteiger partial charge in [-0.15, -0.1) is 0 Å². The fourth-order valence-corrected chi connectivity index (χ4v) is 2.56. The predicted octanol–water partition coefficient (Wildman–Crippen LogP) is 2.84. The first-order chi connectivity index (χ1) is 11.3. The number of carbonyl (C=O) groups excluding carboxylic acids is 2. The Hall–Kier alpha value is -2.71. The van der Waals surface area contributed by atoms with Crippen molar-refractivity contribution in [3.63, 3.8) is 0 Å². The maximum atomic E-state index is 13.8. The molecule has 9 heteroatoms. The number of hydrogen-bond donors (Lipinski definition) is 1. The van der Waals surface area contributed by atoms with Crippen molar-refractivity contribution in [3.8, 4) is 5.75 Å². The Bertz CT molecular complexity index is 823. The molecule has 0 radical (unpaired) electrons. The standard InChI is InChI=1S/C15H12F2O7/c1-2-3-4-8(15(16,17)14(20)21)24-12(18)9-6-5-7-11(22-6)10(9)13(19)23-7/h5,8H,2-4H2,1H3,(H,20,21). The van der Waals surface area contributed by atoms with Crippen molar-refractivity contribution >= 4 is 29.1 Å². The van der Waals surface area contributed by atoms with E-state index in [1.807, 2.05) is 0 Å². The van der Waals surface area contributed by atoms with E-state index >= 15 is 0 Å². The number of aliphatic carboxylic acids is 1. The van der Waals surface area contributed by atoms with Crippen LogP contribution in [0.5, 0.6) is 5.75 Å². The van der Waals surface area contributed by atoms with Crippen LogP contribution in [0.1, 0.15) is 46.9 Å². The van der Waals surface area contributed by atoms with Gasteiger partial charge in [0.1, 0.15) is 16.7 Å². The molecule has 0 aromatic carbocycles. The molecule has 2 aromatic rings. The number of alkyl halides is 2. The first kappa shape index (κ1) is 16.2. The molecular formula is C15H12F2O7. The molecule has 128 valence electrons. The second kappa shape index (κ2) is 5.43. The van der Waals surface area contributed by atoms with Crippen LogP contribution < -0.4 is 4.74 Å². The molecule has 0 fully saturated rings. The number of carboxylic acids is 1. The molecule has 0 saturated heterocycles.